The van der Waals surface area contributed by atoms with Crippen LogP contribution in [0.25, 0.3) is 11.3 Å². The zero-order chi connectivity index (χ0) is 27.6. The predicted molar refractivity (Wildman–Crippen MR) is 152 cm³/mol. The molecule has 1 N–H and O–H groups in total. The van der Waals surface area contributed by atoms with Gasteiger partial charge in [-0.25, -0.2) is 19.2 Å². The summed E-state index contributed by atoms with van der Waals surface area (Å²) in [7, 11) is -2.26. The van der Waals surface area contributed by atoms with E-state index in [9.17, 15) is 9.32 Å². The van der Waals surface area contributed by atoms with Crippen molar-refractivity contribution in [3.05, 3.63) is 64.4 Å². The van der Waals surface area contributed by atoms with Crippen molar-refractivity contribution in [1.29, 1.82) is 0 Å². The Kier molecular flexibility index (Phi) is 6.32. The topological polar surface area (TPSA) is 119 Å². The minimum atomic E-state index is -2.26. The molecule has 0 aliphatic carbocycles. The lowest BCUT2D eigenvalue weighted by Gasteiger charge is -2.18. The molecule has 0 spiro atoms. The normalized spacial score (nSPS) is 25.0. The van der Waals surface area contributed by atoms with Gasteiger partial charge < -0.3 is 24.2 Å². The molecule has 0 amide bonds. The van der Waals surface area contributed by atoms with Gasteiger partial charge in [0.25, 0.3) is 0 Å². The number of nitrogens with zero attached hydrogens (tertiary/aromatic N) is 5. The molecule has 40 heavy (non-hydrogen) atoms. The van der Waals surface area contributed by atoms with Gasteiger partial charge in [-0.15, -0.1) is 0 Å². The maximum atomic E-state index is 12.0. The largest absolute Gasteiger partial charge is 0.472 e. The van der Waals surface area contributed by atoms with Crippen molar-refractivity contribution in [2.45, 2.75) is 43.9 Å². The van der Waals surface area contributed by atoms with Gasteiger partial charge in [0.05, 0.1) is 54.0 Å². The number of pyridine rings is 2. The first-order valence-corrected chi connectivity index (χ1v) is 15.8. The van der Waals surface area contributed by atoms with Gasteiger partial charge >= 0.3 is 0 Å². The molecule has 12 heteroatoms. The number of aliphatic imine (C=N–C) groups is 1. The third kappa shape index (κ3) is 4.86. The first-order valence-electron chi connectivity index (χ1n) is 13.1. The van der Waals surface area contributed by atoms with Gasteiger partial charge in [0, 0.05) is 40.0 Å². The summed E-state index contributed by atoms with van der Waals surface area (Å²) < 4.78 is 33.7. The highest BCUT2D eigenvalue weighted by atomic mass is 35.5. The fourth-order valence-electron chi connectivity index (χ4n) is 5.58. The van der Waals surface area contributed by atoms with Crippen LogP contribution < -0.4 is 4.90 Å². The summed E-state index contributed by atoms with van der Waals surface area (Å²) in [6, 6.07) is 13.8. The van der Waals surface area contributed by atoms with Gasteiger partial charge in [0.1, 0.15) is 18.3 Å². The van der Waals surface area contributed by atoms with Crippen molar-refractivity contribution in [2.24, 2.45) is 9.36 Å². The molecule has 6 heterocycles. The van der Waals surface area contributed by atoms with E-state index in [1.807, 2.05) is 30.3 Å². The van der Waals surface area contributed by atoms with Crippen LogP contribution in [-0.2, 0) is 43.4 Å². The smallest absolute Gasteiger partial charge is 0.195 e. The fraction of sp³-hybridized carbons (Fsp3) is 0.393. The maximum absolute atomic E-state index is 12.0. The van der Waals surface area contributed by atoms with Crippen molar-refractivity contribution in [3.8, 4) is 11.3 Å². The SMILES string of the molecule is CS(C)(=O)=Nc1ccc2c(n1)CN(c1ccc(-c3nc4c(cc3Cl)N=C(O[C@@H]3CO[C@H]5[C@@H]3OC[C@H]5O)C4)cc1)C2. The minimum Gasteiger partial charge on any atom is -0.472 e. The standard InChI is InChI=1S/C28H28ClN5O5S/c1-40(2,36)33-24-8-5-16-11-34(12-21(16)30-24)17-6-3-15(4-7-17)26-18(29)9-19-20(32-26)10-25(31-19)39-23-14-38-27-22(35)13-37-28(23)27/h3-9,22-23,27-28,35H,10-14H2,1-2H3/t22-,23-,27-,28-/m1/s1. The van der Waals surface area contributed by atoms with E-state index in [0.29, 0.717) is 47.7 Å². The van der Waals surface area contributed by atoms with Crippen LogP contribution in [0.3, 0.4) is 0 Å². The average Bonchev–Trinajstić information content (AvgIpc) is 3.68. The molecule has 10 nitrogen and oxygen atoms in total. The average molecular weight is 582 g/mol. The Hall–Kier alpha value is -3.09. The number of benzene rings is 1. The summed E-state index contributed by atoms with van der Waals surface area (Å²) >= 11 is 6.65. The van der Waals surface area contributed by atoms with Gasteiger partial charge in [-0.2, -0.15) is 4.36 Å². The van der Waals surface area contributed by atoms with Crippen molar-refractivity contribution < 1.29 is 23.5 Å². The molecule has 4 atom stereocenters. The Balaban J connectivity index is 1.04. The second-order valence-electron chi connectivity index (χ2n) is 10.7. The number of aliphatic hydroxyl groups is 1. The predicted octanol–water partition coefficient (Wildman–Crippen LogP) is 3.81. The third-order valence-corrected chi connectivity index (χ3v) is 8.35. The second-order valence-corrected chi connectivity index (χ2v) is 13.7. The molecule has 0 bridgehead atoms. The lowest BCUT2D eigenvalue weighted by Crippen LogP contribution is -2.34. The number of anilines is 1. The summed E-state index contributed by atoms with van der Waals surface area (Å²) in [6.45, 7) is 2.00. The number of ether oxygens (including phenoxy) is 3. The van der Waals surface area contributed by atoms with Crippen molar-refractivity contribution in [1.82, 2.24) is 9.97 Å². The highest BCUT2D eigenvalue weighted by molar-refractivity contribution is 7.92. The number of aliphatic hydroxyl groups excluding tert-OH is 1. The molecule has 0 radical (unpaired) electrons. The molecule has 4 aliphatic heterocycles. The molecule has 7 rings (SSSR count). The molecule has 3 aromatic rings. The molecule has 208 valence electrons. The van der Waals surface area contributed by atoms with E-state index < -0.39 is 15.8 Å². The summed E-state index contributed by atoms with van der Waals surface area (Å²) in [5.41, 5.74) is 6.23. The third-order valence-electron chi connectivity index (χ3n) is 7.44. The van der Waals surface area contributed by atoms with Crippen molar-refractivity contribution >= 4 is 44.4 Å². The van der Waals surface area contributed by atoms with Crippen LogP contribution in [0.4, 0.5) is 17.2 Å². The molecule has 0 unspecified atom stereocenters. The molecule has 1 aromatic carbocycles. The Morgan fingerprint density at radius 3 is 2.65 bits per heavy atom. The molecular formula is C28H28ClN5O5S. The van der Waals surface area contributed by atoms with Crippen LogP contribution in [0.2, 0.25) is 5.02 Å². The van der Waals surface area contributed by atoms with Crippen LogP contribution >= 0.6 is 11.6 Å². The first-order chi connectivity index (χ1) is 19.2. The van der Waals surface area contributed by atoms with E-state index in [-0.39, 0.29) is 24.9 Å². The Bertz CT molecular complexity index is 1650. The summed E-state index contributed by atoms with van der Waals surface area (Å²) in [5.74, 6) is 1.05. The zero-order valence-electron chi connectivity index (χ0n) is 22.0. The van der Waals surface area contributed by atoms with E-state index in [1.165, 1.54) is 0 Å². The van der Waals surface area contributed by atoms with Gasteiger partial charge in [0.15, 0.2) is 17.8 Å². The molecule has 2 fully saturated rings. The lowest BCUT2D eigenvalue weighted by atomic mass is 10.1. The zero-order valence-corrected chi connectivity index (χ0v) is 23.6. The van der Waals surface area contributed by atoms with Crippen LogP contribution in [0.5, 0.6) is 0 Å². The Morgan fingerprint density at radius 1 is 1.05 bits per heavy atom. The Labute approximate surface area is 237 Å². The van der Waals surface area contributed by atoms with E-state index >= 15 is 0 Å². The quantitative estimate of drug-likeness (QED) is 0.494. The molecule has 2 saturated heterocycles. The molecule has 2 aromatic heterocycles. The van der Waals surface area contributed by atoms with Crippen molar-refractivity contribution in [3.63, 3.8) is 0 Å². The van der Waals surface area contributed by atoms with Crippen LogP contribution in [0.15, 0.2) is 51.8 Å². The van der Waals surface area contributed by atoms with Gasteiger partial charge in [-0.1, -0.05) is 29.8 Å². The summed E-state index contributed by atoms with van der Waals surface area (Å²) in [4.78, 5) is 16.3. The van der Waals surface area contributed by atoms with Crippen LogP contribution in [0.1, 0.15) is 17.0 Å². The number of hydrogen-bond acceptors (Lipinski definition) is 10. The number of halogens is 1. The minimum absolute atomic E-state index is 0.252. The van der Waals surface area contributed by atoms with Gasteiger partial charge in [-0.05, 0) is 29.8 Å². The molecular weight excluding hydrogens is 554 g/mol. The summed E-state index contributed by atoms with van der Waals surface area (Å²) in [5, 5.41) is 10.5. The lowest BCUT2D eigenvalue weighted by molar-refractivity contribution is 0.00558. The number of rotatable bonds is 4. The van der Waals surface area contributed by atoms with E-state index in [4.69, 9.17) is 30.8 Å². The van der Waals surface area contributed by atoms with E-state index in [0.717, 1.165) is 34.7 Å². The van der Waals surface area contributed by atoms with Gasteiger partial charge in [0.2, 0.25) is 0 Å². The number of fused-ring (bicyclic) bond motifs is 3. The Morgan fingerprint density at radius 2 is 1.85 bits per heavy atom. The first kappa shape index (κ1) is 25.8. The van der Waals surface area contributed by atoms with Gasteiger partial charge in [-0.3, -0.25) is 0 Å². The highest BCUT2D eigenvalue weighted by Crippen LogP contribution is 2.37. The molecule has 0 saturated carbocycles. The maximum Gasteiger partial charge on any atom is 0.195 e. The number of aromatic nitrogens is 2. The molecule has 4 aliphatic rings. The fourth-order valence-corrected chi connectivity index (χ4v) is 6.39. The van der Waals surface area contributed by atoms with Crippen molar-refractivity contribution in [2.75, 3.05) is 30.6 Å². The second kappa shape index (κ2) is 9.78. The number of hydrogen-bond donors (Lipinski definition) is 1. The van der Waals surface area contributed by atoms with E-state index in [2.05, 4.69) is 31.4 Å². The van der Waals surface area contributed by atoms with E-state index in [1.54, 1.807) is 12.5 Å². The highest BCUT2D eigenvalue weighted by Gasteiger charge is 2.49. The summed E-state index contributed by atoms with van der Waals surface area (Å²) in [6.07, 6.45) is 2.07. The van der Waals surface area contributed by atoms with Crippen LogP contribution in [-0.4, -0.2) is 75.3 Å². The monoisotopic (exact) mass is 581 g/mol. The van der Waals surface area contributed by atoms with Crippen LogP contribution in [0, 0.1) is 0 Å².